The van der Waals surface area contributed by atoms with Gasteiger partial charge in [0.2, 0.25) is 5.95 Å². The minimum Gasteiger partial charge on any atom is -0.489 e. The monoisotopic (exact) mass is 404 g/mol. The minimum absolute atomic E-state index is 0. The van der Waals surface area contributed by atoms with Crippen LogP contribution in [-0.2, 0) is 0 Å². The molecular formula is C18H24N6O3S. The molecular weight excluding hydrogens is 380 g/mol. The lowest BCUT2D eigenvalue weighted by Gasteiger charge is -2.13. The van der Waals surface area contributed by atoms with Crippen molar-refractivity contribution in [2.45, 2.75) is 18.9 Å². The summed E-state index contributed by atoms with van der Waals surface area (Å²) in [4.78, 5) is 20.2. The van der Waals surface area contributed by atoms with E-state index in [1.165, 1.54) is 19.0 Å². The van der Waals surface area contributed by atoms with Gasteiger partial charge in [0.1, 0.15) is 24.3 Å². The highest BCUT2D eigenvalue weighted by Crippen LogP contribution is 2.31. The van der Waals surface area contributed by atoms with Gasteiger partial charge in [-0.25, -0.2) is 4.98 Å². The number of rotatable bonds is 6. The van der Waals surface area contributed by atoms with Crippen LogP contribution in [0.15, 0.2) is 24.4 Å². The van der Waals surface area contributed by atoms with Gasteiger partial charge in [-0.05, 0) is 37.0 Å². The lowest BCUT2D eigenvalue weighted by atomic mass is 10.2. The standard InChI is InChI=1S/C18H22N6O3.H2S/c19-16(26)13-8-22-18(24-17(13)21-6-10-1-2-10)23-11-3-4-15-14(5-11)20-7-12(25)9-27-15;/h3-5,8,10,12,20,25H,1-2,6-7,9H2,(H2,19,26)(H2,21,22,23,24);1H2/t12-;/m0./s1. The number of hydrogen-bond donors (Lipinski definition) is 5. The van der Waals surface area contributed by atoms with Gasteiger partial charge in [0.15, 0.2) is 0 Å². The molecule has 1 atom stereocenters. The van der Waals surface area contributed by atoms with E-state index >= 15 is 0 Å². The van der Waals surface area contributed by atoms with Crippen LogP contribution in [0.2, 0.25) is 0 Å². The molecule has 2 aliphatic rings. The molecule has 0 radical (unpaired) electrons. The van der Waals surface area contributed by atoms with Gasteiger partial charge in [-0.15, -0.1) is 0 Å². The summed E-state index contributed by atoms with van der Waals surface area (Å²) in [7, 11) is 0. The number of β-amino-alcohol motifs (C(OH)–C–C–N with tert-alkyl or cyclic N) is 1. The predicted octanol–water partition coefficient (Wildman–Crippen LogP) is 1.42. The average molecular weight is 404 g/mol. The van der Waals surface area contributed by atoms with Crippen molar-refractivity contribution in [3.8, 4) is 5.75 Å². The third kappa shape index (κ3) is 4.76. The first kappa shape index (κ1) is 20.0. The highest BCUT2D eigenvalue weighted by Gasteiger charge is 2.22. The number of carbonyl (C=O) groups excluding carboxylic acids is 1. The zero-order chi connectivity index (χ0) is 18.8. The van der Waals surface area contributed by atoms with E-state index in [-0.39, 0.29) is 25.7 Å². The summed E-state index contributed by atoms with van der Waals surface area (Å²) >= 11 is 0. The van der Waals surface area contributed by atoms with Crippen molar-refractivity contribution < 1.29 is 14.6 Å². The highest BCUT2D eigenvalue weighted by atomic mass is 32.1. The SMILES string of the molecule is NC(=O)c1cnc(Nc2ccc3c(c2)NC[C@H](O)CO3)nc1NCC1CC1.S. The molecule has 2 heterocycles. The molecule has 4 rings (SSSR count). The number of nitrogens with one attached hydrogen (secondary N) is 3. The molecule has 1 fully saturated rings. The molecule has 0 unspecified atom stereocenters. The number of amides is 1. The van der Waals surface area contributed by atoms with Crippen molar-refractivity contribution in [2.24, 2.45) is 11.7 Å². The first-order valence-corrected chi connectivity index (χ1v) is 8.95. The van der Waals surface area contributed by atoms with Gasteiger partial charge < -0.3 is 31.5 Å². The van der Waals surface area contributed by atoms with E-state index in [2.05, 4.69) is 25.9 Å². The Labute approximate surface area is 169 Å². The van der Waals surface area contributed by atoms with Gasteiger partial charge in [0, 0.05) is 25.0 Å². The van der Waals surface area contributed by atoms with Gasteiger partial charge in [-0.3, -0.25) is 4.79 Å². The fraction of sp³-hybridized carbons (Fsp3) is 0.389. The van der Waals surface area contributed by atoms with Crippen molar-refractivity contribution in [1.29, 1.82) is 0 Å². The summed E-state index contributed by atoms with van der Waals surface area (Å²) in [6, 6.07) is 5.50. The van der Waals surface area contributed by atoms with Crippen molar-refractivity contribution in [2.75, 3.05) is 35.6 Å². The second-order valence-corrected chi connectivity index (χ2v) is 6.83. The summed E-state index contributed by atoms with van der Waals surface area (Å²) in [5.41, 5.74) is 7.22. The summed E-state index contributed by atoms with van der Waals surface area (Å²) < 4.78 is 5.55. The van der Waals surface area contributed by atoms with Gasteiger partial charge >= 0.3 is 0 Å². The molecule has 6 N–H and O–H groups in total. The molecule has 1 aliphatic carbocycles. The number of carbonyl (C=O) groups is 1. The Balaban J connectivity index is 0.00000225. The molecule has 9 nitrogen and oxygen atoms in total. The van der Waals surface area contributed by atoms with E-state index in [1.54, 1.807) is 0 Å². The molecule has 1 aromatic carbocycles. The Morgan fingerprint density at radius 1 is 1.39 bits per heavy atom. The van der Waals surface area contributed by atoms with Gasteiger partial charge in [-0.2, -0.15) is 18.5 Å². The van der Waals surface area contributed by atoms with E-state index in [1.807, 2.05) is 18.2 Å². The van der Waals surface area contributed by atoms with Crippen molar-refractivity contribution in [1.82, 2.24) is 9.97 Å². The number of aliphatic hydroxyl groups is 1. The van der Waals surface area contributed by atoms with E-state index in [0.29, 0.717) is 30.0 Å². The Bertz CT molecular complexity index is 861. The Kier molecular flexibility index (Phi) is 6.10. The predicted molar refractivity (Wildman–Crippen MR) is 112 cm³/mol. The highest BCUT2D eigenvalue weighted by molar-refractivity contribution is 7.59. The first-order chi connectivity index (χ1) is 13.1. The minimum atomic E-state index is -0.565. The molecule has 1 aromatic heterocycles. The number of nitrogens with two attached hydrogens (primary N) is 1. The smallest absolute Gasteiger partial charge is 0.254 e. The normalized spacial score (nSPS) is 17.8. The number of aromatic nitrogens is 2. The fourth-order valence-electron chi connectivity index (χ4n) is 2.79. The van der Waals surface area contributed by atoms with E-state index < -0.39 is 12.0 Å². The van der Waals surface area contributed by atoms with Crippen LogP contribution in [0.1, 0.15) is 23.2 Å². The Morgan fingerprint density at radius 3 is 2.96 bits per heavy atom. The van der Waals surface area contributed by atoms with Gasteiger partial charge in [-0.1, -0.05) is 0 Å². The number of benzene rings is 1. The Morgan fingerprint density at radius 2 is 2.21 bits per heavy atom. The molecule has 1 amide bonds. The molecule has 1 aliphatic heterocycles. The van der Waals surface area contributed by atoms with Crippen LogP contribution in [0.5, 0.6) is 5.75 Å². The fourth-order valence-corrected chi connectivity index (χ4v) is 2.79. The number of ether oxygens (including phenoxy) is 1. The van der Waals surface area contributed by atoms with Crippen molar-refractivity contribution >= 4 is 42.5 Å². The van der Waals surface area contributed by atoms with Crippen LogP contribution in [0.4, 0.5) is 23.1 Å². The maximum Gasteiger partial charge on any atom is 0.254 e. The largest absolute Gasteiger partial charge is 0.489 e. The molecule has 2 aromatic rings. The lowest BCUT2D eigenvalue weighted by molar-refractivity contribution is 0.100. The molecule has 10 heteroatoms. The van der Waals surface area contributed by atoms with Crippen molar-refractivity contribution in [3.05, 3.63) is 30.0 Å². The second kappa shape index (κ2) is 8.53. The summed E-state index contributed by atoms with van der Waals surface area (Å²) in [6.07, 6.45) is 3.24. The summed E-state index contributed by atoms with van der Waals surface area (Å²) in [5, 5.41) is 19.2. The molecule has 1 saturated carbocycles. The van der Waals surface area contributed by atoms with Gasteiger partial charge in [0.05, 0.1) is 11.3 Å². The number of aliphatic hydroxyl groups excluding tert-OH is 1. The number of fused-ring (bicyclic) bond motifs is 1. The third-order valence-corrected chi connectivity index (χ3v) is 4.50. The quantitative estimate of drug-likeness (QED) is 0.488. The summed E-state index contributed by atoms with van der Waals surface area (Å²) in [6.45, 7) is 1.43. The molecule has 150 valence electrons. The Hall–Kier alpha value is -2.72. The number of anilines is 4. The number of primary amides is 1. The second-order valence-electron chi connectivity index (χ2n) is 6.83. The molecule has 0 spiro atoms. The molecule has 0 saturated heterocycles. The van der Waals surface area contributed by atoms with Gasteiger partial charge in [0.25, 0.3) is 5.91 Å². The van der Waals surface area contributed by atoms with Crippen LogP contribution in [-0.4, -0.2) is 46.8 Å². The van der Waals surface area contributed by atoms with Crippen LogP contribution in [0.3, 0.4) is 0 Å². The van der Waals surface area contributed by atoms with Crippen LogP contribution < -0.4 is 26.4 Å². The zero-order valence-electron chi connectivity index (χ0n) is 15.2. The average Bonchev–Trinajstić information content (AvgIpc) is 3.49. The maximum atomic E-state index is 11.6. The maximum absolute atomic E-state index is 11.6. The number of nitrogens with zero attached hydrogens (tertiary/aromatic N) is 2. The first-order valence-electron chi connectivity index (χ1n) is 8.95. The molecule has 0 bridgehead atoms. The van der Waals surface area contributed by atoms with Crippen LogP contribution in [0.25, 0.3) is 0 Å². The van der Waals surface area contributed by atoms with E-state index in [9.17, 15) is 9.90 Å². The number of hydrogen-bond acceptors (Lipinski definition) is 8. The third-order valence-electron chi connectivity index (χ3n) is 4.50. The summed E-state index contributed by atoms with van der Waals surface area (Å²) in [5.74, 6) is 1.53. The van der Waals surface area contributed by atoms with Crippen LogP contribution in [0, 0.1) is 5.92 Å². The zero-order valence-corrected chi connectivity index (χ0v) is 16.2. The van der Waals surface area contributed by atoms with E-state index in [4.69, 9.17) is 10.5 Å². The van der Waals surface area contributed by atoms with Crippen LogP contribution >= 0.6 is 13.5 Å². The van der Waals surface area contributed by atoms with E-state index in [0.717, 1.165) is 17.9 Å². The topological polar surface area (TPSA) is 134 Å². The van der Waals surface area contributed by atoms with Crippen molar-refractivity contribution in [3.63, 3.8) is 0 Å². The molecule has 28 heavy (non-hydrogen) atoms. The lowest BCUT2D eigenvalue weighted by Crippen LogP contribution is -2.23.